The number of unbranched alkanes of at least 4 members (excludes halogenated alkanes) is 2. The normalized spacial score (nSPS) is 14.5. The highest BCUT2D eigenvalue weighted by Crippen LogP contribution is 2.20. The van der Waals surface area contributed by atoms with E-state index in [9.17, 15) is 48.3 Å². The molecule has 24 N–H and O–H groups in total. The lowest BCUT2D eigenvalue weighted by Gasteiger charge is -2.28. The molecule has 28 nitrogen and oxygen atoms in total. The number of aromatic amines is 1. The zero-order valence-electron chi connectivity index (χ0n) is 46.9. The van der Waals surface area contributed by atoms with Crippen molar-refractivity contribution in [1.29, 1.82) is 10.8 Å². The summed E-state index contributed by atoms with van der Waals surface area (Å²) in [5.41, 5.74) is 29.6. The van der Waals surface area contributed by atoms with Crippen molar-refractivity contribution < 1.29 is 48.3 Å². The number of aliphatic carboxylic acids is 1. The van der Waals surface area contributed by atoms with Gasteiger partial charge in [-0.3, -0.25) is 49.2 Å². The van der Waals surface area contributed by atoms with Crippen LogP contribution < -0.4 is 81.8 Å². The zero-order valence-corrected chi connectivity index (χ0v) is 46.9. The number of benzene rings is 1. The highest BCUT2D eigenvalue weighted by Gasteiger charge is 2.34. The van der Waals surface area contributed by atoms with Crippen molar-refractivity contribution in [2.75, 3.05) is 32.7 Å². The highest BCUT2D eigenvalue weighted by atomic mass is 16.4. The number of nitrogens with two attached hydrogens (primary N) is 5. The molecule has 0 saturated heterocycles. The molecule has 28 heteroatoms. The van der Waals surface area contributed by atoms with Gasteiger partial charge < -0.3 is 91.9 Å². The van der Waals surface area contributed by atoms with Crippen LogP contribution in [0.3, 0.4) is 0 Å². The monoisotopic (exact) mass is 1130 g/mol. The molecule has 1 aromatic carbocycles. The lowest BCUT2D eigenvalue weighted by atomic mass is 9.97. The number of carboxylic acids is 1. The molecule has 9 atom stereocenters. The largest absolute Gasteiger partial charge is 0.480 e. The molecular weight excluding hydrogens is 1040 g/mol. The Morgan fingerprint density at radius 3 is 1.51 bits per heavy atom. The molecule has 1 heterocycles. The van der Waals surface area contributed by atoms with Gasteiger partial charge in [0, 0.05) is 36.6 Å². The number of carbonyl (C=O) groups excluding carboxylic acids is 8. The van der Waals surface area contributed by atoms with E-state index in [-0.39, 0.29) is 88.8 Å². The predicted molar refractivity (Wildman–Crippen MR) is 303 cm³/mol. The van der Waals surface area contributed by atoms with Gasteiger partial charge in [0.2, 0.25) is 47.3 Å². The van der Waals surface area contributed by atoms with Gasteiger partial charge in [0.05, 0.1) is 12.6 Å². The van der Waals surface area contributed by atoms with Crippen molar-refractivity contribution in [2.24, 2.45) is 40.5 Å². The summed E-state index contributed by atoms with van der Waals surface area (Å²) in [6.45, 7) is 8.83. The molecule has 2 aromatic rings. The molecule has 80 heavy (non-hydrogen) atoms. The van der Waals surface area contributed by atoms with Crippen LogP contribution in [-0.2, 0) is 49.6 Å². The van der Waals surface area contributed by atoms with E-state index in [1.54, 1.807) is 27.0 Å². The first-order chi connectivity index (χ1) is 37.9. The van der Waals surface area contributed by atoms with Gasteiger partial charge in [-0.25, -0.2) is 4.79 Å². The van der Waals surface area contributed by atoms with Crippen molar-refractivity contribution in [3.8, 4) is 0 Å². The molecule has 0 aliphatic heterocycles. The molecule has 0 bridgehead atoms. The number of H-pyrrole nitrogens is 1. The number of hydrogen-bond acceptors (Lipinski definition) is 14. The van der Waals surface area contributed by atoms with Crippen LogP contribution in [0.25, 0.3) is 10.9 Å². The maximum Gasteiger partial charge on any atom is 0.326 e. The molecule has 0 unspecified atom stereocenters. The van der Waals surface area contributed by atoms with Gasteiger partial charge in [-0.1, -0.05) is 52.3 Å². The van der Waals surface area contributed by atoms with Crippen LogP contribution in [0.4, 0.5) is 0 Å². The summed E-state index contributed by atoms with van der Waals surface area (Å²) >= 11 is 0. The van der Waals surface area contributed by atoms with E-state index in [2.05, 4.69) is 58.2 Å². The number of hydrogen-bond donors (Lipinski definition) is 19. The third kappa shape index (κ3) is 25.5. The van der Waals surface area contributed by atoms with Gasteiger partial charge in [-0.15, -0.1) is 0 Å². The first-order valence-electron chi connectivity index (χ1n) is 27.4. The van der Waals surface area contributed by atoms with Gasteiger partial charge in [-0.2, -0.15) is 0 Å². The van der Waals surface area contributed by atoms with E-state index in [0.717, 1.165) is 16.5 Å². The van der Waals surface area contributed by atoms with Crippen LogP contribution in [0.2, 0.25) is 0 Å². The highest BCUT2D eigenvalue weighted by molar-refractivity contribution is 5.98. The second kappa shape index (κ2) is 36.6. The summed E-state index contributed by atoms with van der Waals surface area (Å²) in [6, 6.07) is -2.29. The number of nitrogens with one attached hydrogen (secondary N) is 13. The predicted octanol–water partition coefficient (Wildman–Crippen LogP) is -2.47. The summed E-state index contributed by atoms with van der Waals surface area (Å²) in [5.74, 6) is -8.52. The molecule has 0 radical (unpaired) electrons. The van der Waals surface area contributed by atoms with E-state index in [1.807, 2.05) is 31.2 Å². The first kappa shape index (κ1) is 68.5. The smallest absolute Gasteiger partial charge is 0.326 e. The van der Waals surface area contributed by atoms with E-state index < -0.39 is 114 Å². The molecule has 8 amide bonds. The Kier molecular flexibility index (Phi) is 31.3. The quantitative estimate of drug-likeness (QED) is 0.0187. The number of aromatic nitrogens is 1. The summed E-state index contributed by atoms with van der Waals surface area (Å²) in [6.07, 6.45) is 4.44. The Morgan fingerprint density at radius 2 is 1.04 bits per heavy atom. The van der Waals surface area contributed by atoms with Crippen LogP contribution in [0.5, 0.6) is 0 Å². The number of carbonyl (C=O) groups is 9. The molecule has 448 valence electrons. The molecular formula is C52H90N18O10. The number of amides is 8. The fourth-order valence-corrected chi connectivity index (χ4v) is 8.41. The standard InChI is InChI=1S/C52H90N18O10/c1-6-30(4)42(70-48(77)40(69-43(72)31(5)55)26-32-27-62-34-16-8-7-15-33(32)34)49(78)63-28-41(71)64-39(25-29(2)3)47(76)67-36(19-13-23-60-51(56)57)45(74)65-35(17-9-11-21-53)44(73)66-37(20-14-24-61-52(58)59)46(75)68-38(50(79)80)18-10-12-22-54/h7-8,15-16,27,29-31,35-40,42,62H,6,9-14,17-26,28,53-55H2,1-5H3,(H,63,78)(H,64,71)(H,65,74)(H,66,73)(H,67,76)(H,68,75)(H,69,72)(H,70,77)(H,79,80)(H4,56,57,60)(H4,58,59,61)/t30-,31-,35-,36-,37-,38-,39-,40-,42-/m0/s1. The van der Waals surface area contributed by atoms with Gasteiger partial charge in [0.15, 0.2) is 11.9 Å². The maximum absolute atomic E-state index is 14.3. The Bertz CT molecular complexity index is 2370. The zero-order chi connectivity index (χ0) is 59.9. The minimum absolute atomic E-state index is 0.0244. The van der Waals surface area contributed by atoms with Gasteiger partial charge in [0.25, 0.3) is 0 Å². The van der Waals surface area contributed by atoms with Gasteiger partial charge in [0.1, 0.15) is 42.3 Å². The average molecular weight is 1130 g/mol. The molecule has 1 aromatic heterocycles. The molecule has 0 aliphatic rings. The fraction of sp³-hybridized carbons (Fsp3) is 0.635. The Morgan fingerprint density at radius 1 is 0.575 bits per heavy atom. The third-order valence-corrected chi connectivity index (χ3v) is 13.1. The second-order valence-electron chi connectivity index (χ2n) is 20.4. The van der Waals surface area contributed by atoms with Crippen molar-refractivity contribution in [3.05, 3.63) is 36.0 Å². The van der Waals surface area contributed by atoms with E-state index in [4.69, 9.17) is 39.5 Å². The van der Waals surface area contributed by atoms with Crippen molar-refractivity contribution in [2.45, 2.75) is 166 Å². The van der Waals surface area contributed by atoms with Gasteiger partial charge in [-0.05, 0) is 114 Å². The van der Waals surface area contributed by atoms with Gasteiger partial charge >= 0.3 is 5.97 Å². The Hall–Kier alpha value is -7.59. The number of guanidine groups is 2. The van der Waals surface area contributed by atoms with Crippen molar-refractivity contribution in [1.82, 2.24) is 58.2 Å². The maximum atomic E-state index is 14.3. The van der Waals surface area contributed by atoms with Crippen LogP contribution in [0, 0.1) is 22.7 Å². The summed E-state index contributed by atoms with van der Waals surface area (Å²) < 4.78 is 0. The third-order valence-electron chi connectivity index (χ3n) is 13.1. The molecule has 0 spiro atoms. The minimum Gasteiger partial charge on any atom is -0.480 e. The van der Waals surface area contributed by atoms with E-state index in [0.29, 0.717) is 38.6 Å². The van der Waals surface area contributed by atoms with Crippen LogP contribution in [0.1, 0.15) is 117 Å². The fourth-order valence-electron chi connectivity index (χ4n) is 8.41. The SMILES string of the molecule is CC[C@H](C)[C@H](NC(=O)[C@H](Cc1c[nH]c2ccccc12)NC(=O)[C@H](C)N)C(=O)NCC(=O)N[C@@H](CC(C)C)C(=O)N[C@@H](CCCNC(=N)N)C(=O)N[C@@H](CCCCN)C(=O)N[C@@H](CCCNC(=N)N)C(=O)N[C@@H](CCCCN)C(=O)O. The number of fused-ring (bicyclic) bond motifs is 1. The summed E-state index contributed by atoms with van der Waals surface area (Å²) in [5, 5.41) is 52.2. The summed E-state index contributed by atoms with van der Waals surface area (Å²) in [7, 11) is 0. The minimum atomic E-state index is -1.34. The number of rotatable bonds is 39. The van der Waals surface area contributed by atoms with E-state index >= 15 is 0 Å². The lowest BCUT2D eigenvalue weighted by Crippen LogP contribution is -2.59. The first-order valence-corrected chi connectivity index (χ1v) is 27.4. The van der Waals surface area contributed by atoms with E-state index in [1.165, 1.54) is 6.92 Å². The van der Waals surface area contributed by atoms with Crippen molar-refractivity contribution >= 4 is 76.0 Å². The molecule has 0 fully saturated rings. The Balaban J connectivity index is 2.36. The average Bonchev–Trinajstić information content (AvgIpc) is 3.82. The topological polar surface area (TPSA) is 488 Å². The molecule has 0 saturated carbocycles. The number of carboxylic acid groups (broad SMARTS) is 1. The van der Waals surface area contributed by atoms with Crippen LogP contribution in [0.15, 0.2) is 30.5 Å². The molecule has 0 aliphatic carbocycles. The van der Waals surface area contributed by atoms with Crippen molar-refractivity contribution in [3.63, 3.8) is 0 Å². The second-order valence-corrected chi connectivity index (χ2v) is 20.4. The lowest BCUT2D eigenvalue weighted by molar-refractivity contribution is -0.142. The summed E-state index contributed by atoms with van der Waals surface area (Å²) in [4.78, 5) is 126. The van der Waals surface area contributed by atoms with Crippen LogP contribution >= 0.6 is 0 Å². The number of para-hydroxylation sites is 1. The van der Waals surface area contributed by atoms with Crippen LogP contribution in [-0.4, -0.2) is 156 Å². The Labute approximate surface area is 467 Å². The molecule has 2 rings (SSSR count).